The van der Waals surface area contributed by atoms with Crippen LogP contribution in [0.25, 0.3) is 0 Å². The van der Waals surface area contributed by atoms with Crippen LogP contribution in [0.4, 0.5) is 0 Å². The number of nitrogens with zero attached hydrogens (tertiary/aromatic N) is 4. The molecule has 3 heterocycles. The minimum Gasteiger partial charge on any atom is -0.337 e. The fraction of sp³-hybridized carbons (Fsp3) is 0.368. The van der Waals surface area contributed by atoms with E-state index in [4.69, 9.17) is 0 Å². The van der Waals surface area contributed by atoms with Crippen molar-refractivity contribution in [3.8, 4) is 0 Å². The van der Waals surface area contributed by atoms with E-state index in [9.17, 15) is 9.00 Å². The van der Waals surface area contributed by atoms with Crippen molar-refractivity contribution in [2.45, 2.75) is 18.4 Å². The van der Waals surface area contributed by atoms with Crippen LogP contribution in [0.5, 0.6) is 0 Å². The molecule has 0 saturated carbocycles. The summed E-state index contributed by atoms with van der Waals surface area (Å²) in [6, 6.07) is 9.83. The molecule has 7 heteroatoms. The predicted molar refractivity (Wildman–Crippen MR) is 99.7 cm³/mol. The largest absolute Gasteiger partial charge is 0.337 e. The lowest BCUT2D eigenvalue weighted by Gasteiger charge is -2.21. The summed E-state index contributed by atoms with van der Waals surface area (Å²) in [6.07, 6.45) is 2.26. The molecule has 1 unspecified atom stereocenters. The number of benzene rings is 1. The second-order valence-electron chi connectivity index (χ2n) is 6.90. The first-order valence-corrected chi connectivity index (χ1v) is 9.80. The van der Waals surface area contributed by atoms with Gasteiger partial charge in [-0.1, -0.05) is 30.3 Å². The Labute approximate surface area is 155 Å². The maximum absolute atomic E-state index is 12.8. The van der Waals surface area contributed by atoms with Crippen molar-refractivity contribution in [3.63, 3.8) is 0 Å². The number of hydrogen-bond acceptors (Lipinski definition) is 3. The van der Waals surface area contributed by atoms with Gasteiger partial charge in [-0.2, -0.15) is 0 Å². The number of carbonyl (C=O) groups is 1. The Morgan fingerprint density at radius 1 is 1.12 bits per heavy atom. The molecule has 26 heavy (non-hydrogen) atoms. The Kier molecular flexibility index (Phi) is 4.50. The lowest BCUT2D eigenvalue weighted by atomic mass is 10.1. The quantitative estimate of drug-likeness (QED) is 0.766. The molecular weight excluding hydrogens is 348 g/mol. The minimum atomic E-state index is -1.25. The van der Waals surface area contributed by atoms with Crippen molar-refractivity contribution in [1.29, 1.82) is 0 Å². The van der Waals surface area contributed by atoms with Gasteiger partial charge in [-0.3, -0.25) is 4.79 Å². The normalized spacial score (nSPS) is 18.5. The Morgan fingerprint density at radius 2 is 1.77 bits per heavy atom. The zero-order valence-electron chi connectivity index (χ0n) is 15.0. The molecule has 1 aromatic carbocycles. The monoisotopic (exact) mass is 370 g/mol. The van der Waals surface area contributed by atoms with E-state index in [1.165, 1.54) is 11.1 Å². The number of aromatic nitrogens is 2. The van der Waals surface area contributed by atoms with Crippen LogP contribution in [0, 0.1) is 6.92 Å². The number of imidazole rings is 1. The first kappa shape index (κ1) is 17.2. The van der Waals surface area contributed by atoms with Crippen LogP contribution in [0.3, 0.4) is 0 Å². The van der Waals surface area contributed by atoms with Gasteiger partial charge in [0.05, 0.1) is 6.42 Å². The zero-order valence-corrected chi connectivity index (χ0v) is 15.8. The molecule has 4 rings (SSSR count). The Morgan fingerprint density at radius 3 is 2.35 bits per heavy atom. The summed E-state index contributed by atoms with van der Waals surface area (Å²) in [5, 5.41) is 0.600. The molecule has 0 bridgehead atoms. The summed E-state index contributed by atoms with van der Waals surface area (Å²) >= 11 is 0. The van der Waals surface area contributed by atoms with Gasteiger partial charge in [0.1, 0.15) is 16.8 Å². The highest BCUT2D eigenvalue weighted by Gasteiger charge is 2.34. The van der Waals surface area contributed by atoms with Gasteiger partial charge in [0, 0.05) is 39.4 Å². The molecule has 2 aliphatic rings. The second kappa shape index (κ2) is 6.81. The highest BCUT2D eigenvalue weighted by molar-refractivity contribution is 7.82. The van der Waals surface area contributed by atoms with Crippen LogP contribution < -0.4 is 0 Å². The van der Waals surface area contributed by atoms with Crippen LogP contribution in [0.1, 0.15) is 11.4 Å². The van der Waals surface area contributed by atoms with E-state index in [1.807, 2.05) is 64.3 Å². The minimum absolute atomic E-state index is 0.152. The summed E-state index contributed by atoms with van der Waals surface area (Å²) < 4.78 is 16.6. The van der Waals surface area contributed by atoms with E-state index in [-0.39, 0.29) is 5.91 Å². The standard InChI is InChI=1S/C19H22N4O2S/c1-14-20-18(13-21(14)2)26(25)23-11-16-9-22(10-17(16)12-23)19(24)8-15-6-4-3-5-7-15/h3-7,13H,8-12H2,1-2H3. The number of carbonyl (C=O) groups excluding carboxylic acids is 1. The number of rotatable bonds is 4. The van der Waals surface area contributed by atoms with E-state index in [0.717, 1.165) is 11.4 Å². The van der Waals surface area contributed by atoms with Gasteiger partial charge < -0.3 is 9.47 Å². The molecule has 0 spiro atoms. The lowest BCUT2D eigenvalue weighted by molar-refractivity contribution is -0.129. The molecule has 1 atom stereocenters. The summed E-state index contributed by atoms with van der Waals surface area (Å²) in [5.41, 5.74) is 3.50. The van der Waals surface area contributed by atoms with Gasteiger partial charge >= 0.3 is 0 Å². The van der Waals surface area contributed by atoms with Crippen molar-refractivity contribution >= 4 is 16.9 Å². The smallest absolute Gasteiger partial charge is 0.227 e. The molecule has 1 aromatic heterocycles. The average molecular weight is 370 g/mol. The lowest BCUT2D eigenvalue weighted by Crippen LogP contribution is -2.35. The fourth-order valence-electron chi connectivity index (χ4n) is 3.46. The maximum atomic E-state index is 12.8. The molecule has 0 N–H and O–H groups in total. The third kappa shape index (κ3) is 3.24. The van der Waals surface area contributed by atoms with Gasteiger partial charge in [-0.25, -0.2) is 13.5 Å². The fourth-order valence-corrected chi connectivity index (χ4v) is 4.73. The first-order chi connectivity index (χ1) is 12.5. The SMILES string of the molecule is Cc1nc(S(=O)N2CC3=C(CN(C(=O)Cc4ccccc4)C3)C2)cn1C. The first-order valence-electron chi connectivity index (χ1n) is 8.69. The zero-order chi connectivity index (χ0) is 18.3. The molecule has 0 aliphatic carbocycles. The van der Waals surface area contributed by atoms with E-state index in [2.05, 4.69) is 4.98 Å². The molecule has 0 saturated heterocycles. The van der Waals surface area contributed by atoms with E-state index >= 15 is 0 Å². The van der Waals surface area contributed by atoms with Crippen LogP contribution in [-0.2, 0) is 29.2 Å². The summed E-state index contributed by atoms with van der Waals surface area (Å²) in [6.45, 7) is 4.49. The molecular formula is C19H22N4O2S. The highest BCUT2D eigenvalue weighted by atomic mass is 32.2. The van der Waals surface area contributed by atoms with Crippen LogP contribution >= 0.6 is 0 Å². The molecule has 136 valence electrons. The number of amides is 1. The van der Waals surface area contributed by atoms with Crippen molar-refractivity contribution in [1.82, 2.24) is 18.8 Å². The van der Waals surface area contributed by atoms with Crippen LogP contribution in [0.2, 0.25) is 0 Å². The van der Waals surface area contributed by atoms with Crippen molar-refractivity contribution in [3.05, 3.63) is 59.1 Å². The molecule has 2 aliphatic heterocycles. The maximum Gasteiger partial charge on any atom is 0.227 e. The Bertz CT molecular complexity index is 866. The summed E-state index contributed by atoms with van der Waals surface area (Å²) in [5.74, 6) is 1.00. The van der Waals surface area contributed by atoms with Gasteiger partial charge in [0.15, 0.2) is 5.03 Å². The third-order valence-electron chi connectivity index (χ3n) is 5.05. The van der Waals surface area contributed by atoms with E-state index in [1.54, 1.807) is 0 Å². The number of aryl methyl sites for hydroxylation is 2. The molecule has 0 radical (unpaired) electrons. The van der Waals surface area contributed by atoms with Gasteiger partial charge in [-0.15, -0.1) is 0 Å². The van der Waals surface area contributed by atoms with Crippen molar-refractivity contribution < 1.29 is 9.00 Å². The topological polar surface area (TPSA) is 58.4 Å². The van der Waals surface area contributed by atoms with Gasteiger partial charge in [-0.05, 0) is 23.6 Å². The highest BCUT2D eigenvalue weighted by Crippen LogP contribution is 2.28. The second-order valence-corrected chi connectivity index (χ2v) is 8.34. The average Bonchev–Trinajstić information content (AvgIpc) is 3.29. The molecule has 2 aromatic rings. The van der Waals surface area contributed by atoms with Crippen molar-refractivity contribution in [2.75, 3.05) is 26.2 Å². The van der Waals surface area contributed by atoms with Crippen LogP contribution in [0.15, 0.2) is 52.7 Å². The van der Waals surface area contributed by atoms with E-state index in [0.29, 0.717) is 37.6 Å². The Hall–Kier alpha value is -2.25. The third-order valence-corrected chi connectivity index (χ3v) is 6.33. The summed E-state index contributed by atoms with van der Waals surface area (Å²) in [7, 11) is 0.650. The van der Waals surface area contributed by atoms with Gasteiger partial charge in [0.2, 0.25) is 5.91 Å². The van der Waals surface area contributed by atoms with Crippen LogP contribution in [-0.4, -0.2) is 55.1 Å². The summed E-state index contributed by atoms with van der Waals surface area (Å²) in [4.78, 5) is 18.8. The predicted octanol–water partition coefficient (Wildman–Crippen LogP) is 1.45. The van der Waals surface area contributed by atoms with Gasteiger partial charge in [0.25, 0.3) is 0 Å². The van der Waals surface area contributed by atoms with E-state index < -0.39 is 11.0 Å². The molecule has 0 fully saturated rings. The number of hydrogen-bond donors (Lipinski definition) is 0. The molecule has 6 nitrogen and oxygen atoms in total. The Balaban J connectivity index is 1.35. The van der Waals surface area contributed by atoms with Crippen molar-refractivity contribution in [2.24, 2.45) is 7.05 Å². The molecule has 1 amide bonds.